The van der Waals surface area contributed by atoms with E-state index in [1.54, 1.807) is 6.08 Å². The van der Waals surface area contributed by atoms with Crippen molar-refractivity contribution in [3.63, 3.8) is 0 Å². The lowest BCUT2D eigenvalue weighted by atomic mass is 9.96. The van der Waals surface area contributed by atoms with Gasteiger partial charge in [-0.25, -0.2) is 4.79 Å². The smallest absolute Gasteiger partial charge is 0.376 e. The molecule has 0 bridgehead atoms. The van der Waals surface area contributed by atoms with E-state index in [4.69, 9.17) is 9.47 Å². The van der Waals surface area contributed by atoms with Crippen molar-refractivity contribution in [2.24, 2.45) is 5.41 Å². The third-order valence-electron chi connectivity index (χ3n) is 1.97. The molecule has 1 fully saturated rings. The summed E-state index contributed by atoms with van der Waals surface area (Å²) in [7, 11) is 0. The van der Waals surface area contributed by atoms with Crippen LogP contribution in [0.2, 0.25) is 0 Å². The molecule has 0 saturated carbocycles. The Morgan fingerprint density at radius 3 is 2.43 bits per heavy atom. The minimum Gasteiger partial charge on any atom is -0.447 e. The Labute approximate surface area is 85.1 Å². The summed E-state index contributed by atoms with van der Waals surface area (Å²) in [6.07, 6.45) is 3.20. The zero-order valence-corrected chi connectivity index (χ0v) is 9.29. The molecule has 14 heavy (non-hydrogen) atoms. The van der Waals surface area contributed by atoms with E-state index in [0.717, 1.165) is 12.8 Å². The average molecular weight is 198 g/mol. The van der Waals surface area contributed by atoms with Gasteiger partial charge in [0.2, 0.25) is 12.0 Å². The van der Waals surface area contributed by atoms with Crippen molar-refractivity contribution in [2.45, 2.75) is 46.8 Å². The molecule has 0 spiro atoms. The lowest BCUT2D eigenvalue weighted by molar-refractivity contribution is -0.154. The monoisotopic (exact) mass is 198 g/mol. The van der Waals surface area contributed by atoms with Gasteiger partial charge in [-0.2, -0.15) is 0 Å². The summed E-state index contributed by atoms with van der Waals surface area (Å²) < 4.78 is 10.5. The number of rotatable bonds is 2. The summed E-state index contributed by atoms with van der Waals surface area (Å²) >= 11 is 0. The van der Waals surface area contributed by atoms with Gasteiger partial charge in [0.25, 0.3) is 0 Å². The Hall–Kier alpha value is -0.990. The molecule has 1 rings (SSSR count). The zero-order chi connectivity index (χ0) is 10.8. The van der Waals surface area contributed by atoms with Gasteiger partial charge in [0, 0.05) is 5.41 Å². The summed E-state index contributed by atoms with van der Waals surface area (Å²) in [4.78, 5) is 11.3. The first-order chi connectivity index (χ1) is 6.45. The minimum absolute atomic E-state index is 0.169. The summed E-state index contributed by atoms with van der Waals surface area (Å²) in [5.41, 5.74) is -0.169. The molecule has 1 saturated heterocycles. The number of hydrogen-bond acceptors (Lipinski definition) is 3. The first-order valence-corrected chi connectivity index (χ1v) is 5.03. The maximum absolute atomic E-state index is 11.3. The van der Waals surface area contributed by atoms with Gasteiger partial charge in [-0.1, -0.05) is 34.1 Å². The van der Waals surface area contributed by atoms with Crippen molar-refractivity contribution in [2.75, 3.05) is 0 Å². The van der Waals surface area contributed by atoms with E-state index < -0.39 is 6.29 Å². The molecule has 0 N–H and O–H groups in total. The van der Waals surface area contributed by atoms with Crippen LogP contribution in [0.1, 0.15) is 40.5 Å². The standard InChI is InChI=1S/C11H18O3/c1-5-6-7-8-9(12)14-10(13-8)11(2,3)4/h7,10H,5-6H2,1-4H3/b8-7-. The highest BCUT2D eigenvalue weighted by molar-refractivity contribution is 5.87. The fourth-order valence-corrected chi connectivity index (χ4v) is 1.10. The van der Waals surface area contributed by atoms with Gasteiger partial charge >= 0.3 is 5.97 Å². The summed E-state index contributed by atoms with van der Waals surface area (Å²) in [6, 6.07) is 0. The van der Waals surface area contributed by atoms with Crippen LogP contribution in [0.3, 0.4) is 0 Å². The second kappa shape index (κ2) is 4.03. The van der Waals surface area contributed by atoms with E-state index in [9.17, 15) is 4.79 Å². The van der Waals surface area contributed by atoms with Crippen LogP contribution in [-0.4, -0.2) is 12.3 Å². The Kier molecular flexibility index (Phi) is 3.19. The van der Waals surface area contributed by atoms with Crippen LogP contribution in [-0.2, 0) is 14.3 Å². The highest BCUT2D eigenvalue weighted by Gasteiger charge is 2.38. The van der Waals surface area contributed by atoms with Gasteiger partial charge in [-0.15, -0.1) is 0 Å². The second-order valence-corrected chi connectivity index (χ2v) is 4.58. The van der Waals surface area contributed by atoms with E-state index in [1.165, 1.54) is 0 Å². The number of cyclic esters (lactones) is 1. The molecule has 0 amide bonds. The van der Waals surface area contributed by atoms with Crippen LogP contribution in [0.4, 0.5) is 0 Å². The SMILES string of the molecule is CCC/C=C1\OC(C(C)(C)C)OC1=O. The van der Waals surface area contributed by atoms with E-state index in [0.29, 0.717) is 5.76 Å². The van der Waals surface area contributed by atoms with Crippen LogP contribution in [0.15, 0.2) is 11.8 Å². The number of ether oxygens (including phenoxy) is 2. The van der Waals surface area contributed by atoms with Crippen molar-refractivity contribution in [1.29, 1.82) is 0 Å². The van der Waals surface area contributed by atoms with Crippen molar-refractivity contribution in [3.8, 4) is 0 Å². The predicted molar refractivity (Wildman–Crippen MR) is 53.4 cm³/mol. The number of carbonyl (C=O) groups is 1. The number of hydrogen-bond donors (Lipinski definition) is 0. The first-order valence-electron chi connectivity index (χ1n) is 5.03. The molecule has 1 aliphatic rings. The quantitative estimate of drug-likeness (QED) is 0.505. The predicted octanol–water partition coefficient (Wildman–Crippen LogP) is 2.62. The second-order valence-electron chi connectivity index (χ2n) is 4.58. The van der Waals surface area contributed by atoms with Gasteiger partial charge in [0.15, 0.2) is 0 Å². The highest BCUT2D eigenvalue weighted by Crippen LogP contribution is 2.31. The first kappa shape index (κ1) is 11.1. The topological polar surface area (TPSA) is 35.5 Å². The Morgan fingerprint density at radius 2 is 2.00 bits per heavy atom. The van der Waals surface area contributed by atoms with E-state index in [2.05, 4.69) is 6.92 Å². The highest BCUT2D eigenvalue weighted by atomic mass is 16.7. The van der Waals surface area contributed by atoms with E-state index in [1.807, 2.05) is 20.8 Å². The third-order valence-corrected chi connectivity index (χ3v) is 1.97. The van der Waals surface area contributed by atoms with Crippen LogP contribution in [0, 0.1) is 5.41 Å². The van der Waals surface area contributed by atoms with Crippen molar-refractivity contribution < 1.29 is 14.3 Å². The maximum Gasteiger partial charge on any atom is 0.376 e. The normalized spacial score (nSPS) is 25.0. The molecule has 0 aliphatic carbocycles. The fourth-order valence-electron chi connectivity index (χ4n) is 1.10. The van der Waals surface area contributed by atoms with Gasteiger partial charge in [0.1, 0.15) is 0 Å². The molecule has 1 atom stereocenters. The average Bonchev–Trinajstić information content (AvgIpc) is 2.43. The number of allylic oxidation sites excluding steroid dienone is 1. The molecule has 0 aromatic carbocycles. The molecule has 1 unspecified atom stereocenters. The molecule has 1 heterocycles. The molecule has 80 valence electrons. The van der Waals surface area contributed by atoms with Crippen molar-refractivity contribution >= 4 is 5.97 Å². The van der Waals surface area contributed by atoms with Gasteiger partial charge in [-0.3, -0.25) is 0 Å². The molecule has 0 aromatic heterocycles. The van der Waals surface area contributed by atoms with Crippen LogP contribution >= 0.6 is 0 Å². The molecule has 0 radical (unpaired) electrons. The van der Waals surface area contributed by atoms with Crippen LogP contribution < -0.4 is 0 Å². The molecular formula is C11H18O3. The van der Waals surface area contributed by atoms with Gasteiger partial charge < -0.3 is 9.47 Å². The Bertz CT molecular complexity index is 248. The number of unbranched alkanes of at least 4 members (excludes halogenated alkanes) is 1. The third kappa shape index (κ3) is 2.50. The summed E-state index contributed by atoms with van der Waals surface area (Å²) in [5.74, 6) is 0.0325. The summed E-state index contributed by atoms with van der Waals surface area (Å²) in [5, 5.41) is 0. The maximum atomic E-state index is 11.3. The van der Waals surface area contributed by atoms with E-state index in [-0.39, 0.29) is 11.4 Å². The largest absolute Gasteiger partial charge is 0.447 e. The Balaban J connectivity index is 2.65. The fraction of sp³-hybridized carbons (Fsp3) is 0.727. The zero-order valence-electron chi connectivity index (χ0n) is 9.29. The van der Waals surface area contributed by atoms with Crippen LogP contribution in [0.5, 0.6) is 0 Å². The molecule has 3 nitrogen and oxygen atoms in total. The minimum atomic E-state index is -0.446. The molecular weight excluding hydrogens is 180 g/mol. The van der Waals surface area contributed by atoms with Crippen molar-refractivity contribution in [3.05, 3.63) is 11.8 Å². The molecule has 0 aromatic rings. The lowest BCUT2D eigenvalue weighted by Gasteiger charge is -2.23. The molecule has 3 heteroatoms. The van der Waals surface area contributed by atoms with Gasteiger partial charge in [-0.05, 0) is 12.5 Å². The van der Waals surface area contributed by atoms with Gasteiger partial charge in [0.05, 0.1) is 0 Å². The number of esters is 1. The van der Waals surface area contributed by atoms with Crippen LogP contribution in [0.25, 0.3) is 0 Å². The lowest BCUT2D eigenvalue weighted by Crippen LogP contribution is -2.26. The van der Waals surface area contributed by atoms with E-state index >= 15 is 0 Å². The Morgan fingerprint density at radius 1 is 1.36 bits per heavy atom. The molecule has 1 aliphatic heterocycles. The summed E-state index contributed by atoms with van der Waals surface area (Å²) in [6.45, 7) is 7.99. The van der Waals surface area contributed by atoms with Crippen molar-refractivity contribution in [1.82, 2.24) is 0 Å². The number of carbonyl (C=O) groups excluding carboxylic acids is 1.